The number of rotatable bonds is 2. The van der Waals surface area contributed by atoms with Crippen molar-refractivity contribution in [3.63, 3.8) is 0 Å². The highest BCUT2D eigenvalue weighted by Crippen LogP contribution is 2.43. The summed E-state index contributed by atoms with van der Waals surface area (Å²) in [5.74, 6) is -0.545. The maximum absolute atomic E-state index is 13.8. The first-order chi connectivity index (χ1) is 13.4. The second-order valence-corrected chi connectivity index (χ2v) is 7.88. The van der Waals surface area contributed by atoms with Gasteiger partial charge in [-0.3, -0.25) is 0 Å². The number of aliphatic hydroxyl groups excluding tert-OH is 1. The molecule has 0 amide bonds. The summed E-state index contributed by atoms with van der Waals surface area (Å²) in [4.78, 5) is 3.63. The number of fused-ring (bicyclic) bond motifs is 1. The van der Waals surface area contributed by atoms with E-state index in [9.17, 15) is 9.50 Å². The van der Waals surface area contributed by atoms with E-state index in [-0.39, 0.29) is 22.9 Å². The summed E-state index contributed by atoms with van der Waals surface area (Å²) < 4.78 is 16.0. The van der Waals surface area contributed by atoms with Crippen molar-refractivity contribution >= 4 is 33.9 Å². The third-order valence-corrected chi connectivity index (χ3v) is 6.15. The molecule has 1 aromatic heterocycles. The van der Waals surface area contributed by atoms with Crippen LogP contribution >= 0.6 is 11.6 Å². The van der Waals surface area contributed by atoms with Gasteiger partial charge in [0.2, 0.25) is 0 Å². The minimum atomic E-state index is -0.545. The first-order valence-corrected chi connectivity index (χ1v) is 9.73. The van der Waals surface area contributed by atoms with E-state index in [1.54, 1.807) is 6.07 Å². The molecule has 0 aliphatic heterocycles. The molecule has 4 nitrogen and oxygen atoms in total. The number of aryl methyl sites for hydroxylation is 1. The average Bonchev–Trinajstić information content (AvgIpc) is 3.04. The van der Waals surface area contributed by atoms with E-state index >= 15 is 0 Å². The number of hydrogen-bond donors (Lipinski definition) is 2. The maximum Gasteiger partial charge on any atom is 0.190 e. The van der Waals surface area contributed by atoms with Gasteiger partial charge in [-0.05, 0) is 67.8 Å². The summed E-state index contributed by atoms with van der Waals surface area (Å²) in [6, 6.07) is 7.11. The van der Waals surface area contributed by atoms with Crippen LogP contribution in [0.15, 0.2) is 30.5 Å². The number of aliphatic hydroxyl groups is 1. The second kappa shape index (κ2) is 7.12. The highest BCUT2D eigenvalue weighted by molar-refractivity contribution is 6.36. The largest absolute Gasteiger partial charge is 0.395 e. The van der Waals surface area contributed by atoms with Crippen LogP contribution in [-0.4, -0.2) is 15.8 Å². The molecule has 6 heteroatoms. The molecule has 0 bridgehead atoms. The molecule has 2 aromatic carbocycles. The number of anilines is 1. The van der Waals surface area contributed by atoms with Crippen LogP contribution in [-0.2, 0) is 0 Å². The van der Waals surface area contributed by atoms with Gasteiger partial charge < -0.3 is 15.4 Å². The highest BCUT2D eigenvalue weighted by atomic mass is 35.5. The Kier molecular flexibility index (Phi) is 4.78. The number of hydrogen-bond acceptors (Lipinski definition) is 2. The van der Waals surface area contributed by atoms with E-state index in [1.807, 2.05) is 25.3 Å². The van der Waals surface area contributed by atoms with Crippen LogP contribution in [0.4, 0.5) is 15.8 Å². The first-order valence-electron chi connectivity index (χ1n) is 9.35. The van der Waals surface area contributed by atoms with Gasteiger partial charge in [-0.25, -0.2) is 9.24 Å². The van der Waals surface area contributed by atoms with Crippen LogP contribution in [0, 0.1) is 19.3 Å². The van der Waals surface area contributed by atoms with Crippen LogP contribution in [0.5, 0.6) is 0 Å². The molecular weight excluding hydrogens is 377 g/mol. The lowest BCUT2D eigenvalue weighted by molar-refractivity contribution is 0.111. The van der Waals surface area contributed by atoms with E-state index in [4.69, 9.17) is 23.9 Å². The molecule has 28 heavy (non-hydrogen) atoms. The molecule has 1 heterocycles. The lowest BCUT2D eigenvalue weighted by Gasteiger charge is -2.27. The normalized spacial score (nSPS) is 19.7. The van der Waals surface area contributed by atoms with Crippen molar-refractivity contribution in [2.75, 3.05) is 5.73 Å². The molecule has 144 valence electrons. The Balaban J connectivity index is 1.96. The van der Waals surface area contributed by atoms with E-state index < -0.39 is 5.82 Å². The number of aromatic nitrogens is 1. The number of halogens is 2. The minimum absolute atomic E-state index is 0.0710. The maximum atomic E-state index is 13.8. The molecule has 1 aliphatic rings. The Morgan fingerprint density at radius 1 is 1.21 bits per heavy atom. The molecular formula is C22H21ClFN3O. The summed E-state index contributed by atoms with van der Waals surface area (Å²) in [6.45, 7) is 9.39. The number of benzene rings is 2. The van der Waals surface area contributed by atoms with Gasteiger partial charge in [0.25, 0.3) is 0 Å². The van der Waals surface area contributed by atoms with Gasteiger partial charge in [0.15, 0.2) is 5.69 Å². The Morgan fingerprint density at radius 2 is 1.93 bits per heavy atom. The topological polar surface area (TPSA) is 55.5 Å². The Bertz CT molecular complexity index is 1110. The van der Waals surface area contributed by atoms with E-state index in [0.717, 1.165) is 47.7 Å². The summed E-state index contributed by atoms with van der Waals surface area (Å²) in [5.41, 5.74) is 9.74. The summed E-state index contributed by atoms with van der Waals surface area (Å²) in [7, 11) is 0. The lowest BCUT2D eigenvalue weighted by atomic mass is 9.93. The predicted molar refractivity (Wildman–Crippen MR) is 111 cm³/mol. The van der Waals surface area contributed by atoms with Crippen molar-refractivity contribution in [3.8, 4) is 11.1 Å². The zero-order valence-electron chi connectivity index (χ0n) is 15.5. The van der Waals surface area contributed by atoms with Crippen LogP contribution < -0.4 is 5.73 Å². The second-order valence-electron chi connectivity index (χ2n) is 7.50. The quantitative estimate of drug-likeness (QED) is 0.410. The van der Waals surface area contributed by atoms with Gasteiger partial charge in [-0.1, -0.05) is 11.6 Å². The Labute approximate surface area is 168 Å². The van der Waals surface area contributed by atoms with Gasteiger partial charge in [0.05, 0.1) is 23.4 Å². The van der Waals surface area contributed by atoms with E-state index in [0.29, 0.717) is 11.3 Å². The third kappa shape index (κ3) is 3.03. The van der Waals surface area contributed by atoms with Crippen molar-refractivity contribution in [2.45, 2.75) is 44.8 Å². The van der Waals surface area contributed by atoms with Gasteiger partial charge in [-0.2, -0.15) is 0 Å². The van der Waals surface area contributed by atoms with Crippen LogP contribution in [0.2, 0.25) is 5.02 Å². The van der Waals surface area contributed by atoms with Crippen LogP contribution in [0.3, 0.4) is 0 Å². The molecule has 0 saturated heterocycles. The standard InChI is InChI=1S/C22H21ClFN3O/c1-12-9-20-16(10-19(12)26-2)17(15-7-8-18(24)22(25)21(15)23)11-27(20)13-3-5-14(28)6-4-13/h7-11,13-14,28H,3-6,25H2,1H3. The zero-order valence-corrected chi connectivity index (χ0v) is 16.3. The zero-order chi connectivity index (χ0) is 20.0. The molecule has 0 unspecified atom stereocenters. The molecule has 0 spiro atoms. The van der Waals surface area contributed by atoms with Crippen molar-refractivity contribution in [1.82, 2.24) is 4.57 Å². The average molecular weight is 398 g/mol. The van der Waals surface area contributed by atoms with Gasteiger partial charge in [0, 0.05) is 28.9 Å². The molecule has 0 radical (unpaired) electrons. The van der Waals surface area contributed by atoms with Crippen LogP contribution in [0.25, 0.3) is 26.9 Å². The summed E-state index contributed by atoms with van der Waals surface area (Å²) in [5, 5.41) is 10.9. The molecule has 1 saturated carbocycles. The van der Waals surface area contributed by atoms with E-state index in [1.165, 1.54) is 6.07 Å². The van der Waals surface area contributed by atoms with Gasteiger partial charge in [-0.15, -0.1) is 0 Å². The fraction of sp³-hybridized carbons (Fsp3) is 0.318. The fourth-order valence-corrected chi connectivity index (χ4v) is 4.39. The molecule has 4 rings (SSSR count). The third-order valence-electron chi connectivity index (χ3n) is 5.75. The molecule has 3 N–H and O–H groups in total. The van der Waals surface area contributed by atoms with Crippen molar-refractivity contribution in [3.05, 3.63) is 58.3 Å². The molecule has 0 atom stereocenters. The molecule has 3 aromatic rings. The molecule has 1 aliphatic carbocycles. The van der Waals surface area contributed by atoms with E-state index in [2.05, 4.69) is 9.41 Å². The number of nitrogens with zero attached hydrogens (tertiary/aromatic N) is 2. The smallest absolute Gasteiger partial charge is 0.190 e. The number of nitrogen functional groups attached to an aromatic ring is 1. The van der Waals surface area contributed by atoms with Crippen molar-refractivity contribution in [1.29, 1.82) is 0 Å². The Hall–Kier alpha value is -2.55. The van der Waals surface area contributed by atoms with Crippen molar-refractivity contribution in [2.24, 2.45) is 0 Å². The van der Waals surface area contributed by atoms with Crippen molar-refractivity contribution < 1.29 is 9.50 Å². The fourth-order valence-electron chi connectivity index (χ4n) is 4.14. The number of nitrogens with two attached hydrogens (primary N) is 1. The Morgan fingerprint density at radius 3 is 2.61 bits per heavy atom. The van der Waals surface area contributed by atoms with Gasteiger partial charge in [0.1, 0.15) is 5.82 Å². The summed E-state index contributed by atoms with van der Waals surface area (Å²) >= 11 is 6.38. The highest BCUT2D eigenvalue weighted by Gasteiger charge is 2.24. The monoisotopic (exact) mass is 397 g/mol. The lowest BCUT2D eigenvalue weighted by Crippen LogP contribution is -2.20. The predicted octanol–water partition coefficient (Wildman–Crippen LogP) is 6.02. The van der Waals surface area contributed by atoms with Crippen LogP contribution in [0.1, 0.15) is 37.3 Å². The first kappa shape index (κ1) is 18.8. The van der Waals surface area contributed by atoms with Gasteiger partial charge >= 0.3 is 0 Å². The minimum Gasteiger partial charge on any atom is -0.395 e. The summed E-state index contributed by atoms with van der Waals surface area (Å²) in [6.07, 6.45) is 5.09. The molecule has 1 fully saturated rings. The SMILES string of the molecule is [C-]#[N+]c1cc2c(-c3ccc(F)c(N)c3Cl)cn(C3CCC(O)CC3)c2cc1C.